The number of esters is 2. The zero-order valence-electron chi connectivity index (χ0n) is 12.8. The molecule has 0 radical (unpaired) electrons. The van der Waals surface area contributed by atoms with Crippen LogP contribution < -0.4 is 0 Å². The predicted octanol–water partition coefficient (Wildman–Crippen LogP) is 2.37. The van der Waals surface area contributed by atoms with E-state index < -0.39 is 23.6 Å². The van der Waals surface area contributed by atoms with Gasteiger partial charge in [-0.1, -0.05) is 12.1 Å². The summed E-state index contributed by atoms with van der Waals surface area (Å²) in [5.41, 5.74) is -2.09. The van der Waals surface area contributed by atoms with Crippen molar-refractivity contribution in [3.8, 4) is 0 Å². The highest BCUT2D eigenvalue weighted by Gasteiger charge is 2.57. The SMILES string of the molecule is COC(=O)C1=C(C(=O)OC)C(O)(c2cccs2)C(c2cccs2)O1. The first kappa shape index (κ1) is 16.7. The molecule has 3 rings (SSSR count). The van der Waals surface area contributed by atoms with Crippen LogP contribution in [0, 0.1) is 0 Å². The van der Waals surface area contributed by atoms with Crippen molar-refractivity contribution in [2.45, 2.75) is 11.7 Å². The lowest BCUT2D eigenvalue weighted by Gasteiger charge is -2.28. The second-order valence-corrected chi connectivity index (χ2v) is 6.87. The fourth-order valence-electron chi connectivity index (χ4n) is 2.61. The standard InChI is InChI=1S/C16H14O6S2/c1-20-14(17)11-12(15(18)21-2)22-13(9-5-3-7-23-9)16(11,19)10-6-4-8-24-10/h3-8,13,19H,1-2H3. The van der Waals surface area contributed by atoms with Crippen LogP contribution in [0.25, 0.3) is 0 Å². The van der Waals surface area contributed by atoms with E-state index in [1.54, 1.807) is 29.6 Å². The molecule has 3 heterocycles. The van der Waals surface area contributed by atoms with Crippen molar-refractivity contribution in [2.75, 3.05) is 14.2 Å². The van der Waals surface area contributed by atoms with Gasteiger partial charge in [-0.2, -0.15) is 0 Å². The van der Waals surface area contributed by atoms with Gasteiger partial charge >= 0.3 is 11.9 Å². The van der Waals surface area contributed by atoms with E-state index in [9.17, 15) is 14.7 Å². The summed E-state index contributed by atoms with van der Waals surface area (Å²) in [5, 5.41) is 15.1. The molecule has 0 aromatic carbocycles. The lowest BCUT2D eigenvalue weighted by molar-refractivity contribution is -0.142. The van der Waals surface area contributed by atoms with Gasteiger partial charge < -0.3 is 19.3 Å². The molecule has 1 N–H and O–H groups in total. The second kappa shape index (κ2) is 6.39. The van der Waals surface area contributed by atoms with Crippen LogP contribution in [0.2, 0.25) is 0 Å². The van der Waals surface area contributed by atoms with E-state index in [2.05, 4.69) is 0 Å². The van der Waals surface area contributed by atoms with Crippen LogP contribution in [0.3, 0.4) is 0 Å². The number of rotatable bonds is 4. The zero-order valence-corrected chi connectivity index (χ0v) is 14.5. The van der Waals surface area contributed by atoms with Crippen molar-refractivity contribution in [1.82, 2.24) is 0 Å². The Bertz CT molecular complexity index is 778. The topological polar surface area (TPSA) is 82.1 Å². The zero-order chi connectivity index (χ0) is 17.3. The third-order valence-corrected chi connectivity index (χ3v) is 5.59. The van der Waals surface area contributed by atoms with E-state index in [-0.39, 0.29) is 11.3 Å². The summed E-state index contributed by atoms with van der Waals surface area (Å²) < 4.78 is 15.2. The smallest absolute Gasteiger partial charge is 0.374 e. The lowest BCUT2D eigenvalue weighted by Crippen LogP contribution is -2.35. The Labute approximate surface area is 145 Å². The van der Waals surface area contributed by atoms with Gasteiger partial charge in [0.15, 0.2) is 11.7 Å². The van der Waals surface area contributed by atoms with E-state index >= 15 is 0 Å². The van der Waals surface area contributed by atoms with Crippen molar-refractivity contribution in [3.05, 3.63) is 56.1 Å². The summed E-state index contributed by atoms with van der Waals surface area (Å²) in [7, 11) is 2.35. The van der Waals surface area contributed by atoms with Crippen LogP contribution in [-0.2, 0) is 29.4 Å². The molecule has 2 aromatic rings. The number of thiophene rings is 2. The van der Waals surface area contributed by atoms with Crippen LogP contribution in [0.15, 0.2) is 46.4 Å². The van der Waals surface area contributed by atoms with E-state index in [4.69, 9.17) is 14.2 Å². The summed E-state index contributed by atoms with van der Waals surface area (Å²) >= 11 is 2.60. The Balaban J connectivity index is 2.24. The van der Waals surface area contributed by atoms with Gasteiger partial charge in [0, 0.05) is 9.75 Å². The van der Waals surface area contributed by atoms with Gasteiger partial charge in [0.2, 0.25) is 5.76 Å². The molecule has 1 aliphatic heterocycles. The normalized spacial score (nSPS) is 23.0. The van der Waals surface area contributed by atoms with Crippen LogP contribution >= 0.6 is 22.7 Å². The molecule has 0 saturated carbocycles. The van der Waals surface area contributed by atoms with Gasteiger partial charge in [0.05, 0.1) is 14.2 Å². The monoisotopic (exact) mass is 366 g/mol. The molecule has 2 atom stereocenters. The number of carbonyl (C=O) groups excluding carboxylic acids is 2. The summed E-state index contributed by atoms with van der Waals surface area (Å²) in [4.78, 5) is 25.6. The van der Waals surface area contributed by atoms with Crippen molar-refractivity contribution >= 4 is 34.6 Å². The molecule has 126 valence electrons. The summed E-state index contributed by atoms with van der Waals surface area (Å²) in [5.74, 6) is -2.02. The van der Waals surface area contributed by atoms with Gasteiger partial charge in [-0.25, -0.2) is 9.59 Å². The van der Waals surface area contributed by atoms with Crippen molar-refractivity contribution in [3.63, 3.8) is 0 Å². The quantitative estimate of drug-likeness (QED) is 0.837. The highest BCUT2D eigenvalue weighted by Crippen LogP contribution is 2.53. The maximum atomic E-state index is 12.4. The van der Waals surface area contributed by atoms with E-state index in [1.807, 2.05) is 5.38 Å². The number of carbonyl (C=O) groups is 2. The minimum Gasteiger partial charge on any atom is -0.473 e. The Morgan fingerprint density at radius 2 is 1.79 bits per heavy atom. The molecule has 0 spiro atoms. The van der Waals surface area contributed by atoms with Gasteiger partial charge in [-0.3, -0.25) is 0 Å². The van der Waals surface area contributed by atoms with Gasteiger partial charge in [0.25, 0.3) is 0 Å². The molecule has 0 saturated heterocycles. The molecule has 0 aliphatic carbocycles. The van der Waals surface area contributed by atoms with Crippen LogP contribution in [-0.4, -0.2) is 31.3 Å². The minimum atomic E-state index is -1.84. The van der Waals surface area contributed by atoms with Gasteiger partial charge in [0.1, 0.15) is 5.57 Å². The largest absolute Gasteiger partial charge is 0.473 e. The second-order valence-electron chi connectivity index (χ2n) is 4.94. The van der Waals surface area contributed by atoms with Crippen LogP contribution in [0.1, 0.15) is 15.9 Å². The first-order chi connectivity index (χ1) is 11.5. The van der Waals surface area contributed by atoms with E-state index in [0.717, 1.165) is 0 Å². The van der Waals surface area contributed by atoms with Crippen LogP contribution in [0.4, 0.5) is 0 Å². The molecular formula is C16H14O6S2. The van der Waals surface area contributed by atoms with Crippen molar-refractivity contribution in [1.29, 1.82) is 0 Å². The Morgan fingerprint density at radius 1 is 1.12 bits per heavy atom. The number of aliphatic hydroxyl groups is 1. The molecular weight excluding hydrogens is 352 g/mol. The average Bonchev–Trinajstić information content (AvgIpc) is 3.32. The van der Waals surface area contributed by atoms with E-state index in [1.165, 1.54) is 36.9 Å². The molecule has 2 aromatic heterocycles. The van der Waals surface area contributed by atoms with Crippen molar-refractivity contribution in [2.24, 2.45) is 0 Å². The molecule has 0 bridgehead atoms. The minimum absolute atomic E-state index is 0.252. The highest BCUT2D eigenvalue weighted by atomic mass is 32.1. The third kappa shape index (κ3) is 2.43. The molecule has 0 fully saturated rings. The fraction of sp³-hybridized carbons (Fsp3) is 0.250. The molecule has 6 nitrogen and oxygen atoms in total. The first-order valence-electron chi connectivity index (χ1n) is 6.91. The first-order valence-corrected chi connectivity index (χ1v) is 8.67. The number of methoxy groups -OCH3 is 2. The molecule has 8 heteroatoms. The Hall–Kier alpha value is -2.16. The van der Waals surface area contributed by atoms with E-state index in [0.29, 0.717) is 9.75 Å². The lowest BCUT2D eigenvalue weighted by atomic mass is 9.86. The summed E-state index contributed by atoms with van der Waals surface area (Å²) in [6.45, 7) is 0. The van der Waals surface area contributed by atoms with Gasteiger partial charge in [-0.05, 0) is 22.9 Å². The van der Waals surface area contributed by atoms with Gasteiger partial charge in [-0.15, -0.1) is 22.7 Å². The number of hydrogen-bond donors (Lipinski definition) is 1. The molecule has 1 aliphatic rings. The number of ether oxygens (including phenoxy) is 3. The van der Waals surface area contributed by atoms with Crippen LogP contribution in [0.5, 0.6) is 0 Å². The maximum absolute atomic E-state index is 12.4. The average molecular weight is 366 g/mol. The Morgan fingerprint density at radius 3 is 2.33 bits per heavy atom. The molecule has 24 heavy (non-hydrogen) atoms. The maximum Gasteiger partial charge on any atom is 0.374 e. The predicted molar refractivity (Wildman–Crippen MR) is 87.4 cm³/mol. The number of hydrogen-bond acceptors (Lipinski definition) is 8. The molecule has 0 amide bonds. The van der Waals surface area contributed by atoms with Crippen molar-refractivity contribution < 1.29 is 28.9 Å². The highest BCUT2D eigenvalue weighted by molar-refractivity contribution is 7.10. The fourth-order valence-corrected chi connectivity index (χ4v) is 4.28. The summed E-state index contributed by atoms with van der Waals surface area (Å²) in [6, 6.07) is 6.99. The Kier molecular flexibility index (Phi) is 4.44. The molecule has 2 unspecified atom stereocenters. The summed E-state index contributed by atoms with van der Waals surface area (Å²) in [6.07, 6.45) is -0.945. The third-order valence-electron chi connectivity index (χ3n) is 3.68.